The predicted molar refractivity (Wildman–Crippen MR) is 147 cm³/mol. The van der Waals surface area contributed by atoms with Crippen LogP contribution in [-0.4, -0.2) is 67.4 Å². The number of nitrogens with zero attached hydrogens (tertiary/aromatic N) is 4. The Bertz CT molecular complexity index is 1080. The van der Waals surface area contributed by atoms with Crippen LogP contribution in [-0.2, 0) is 4.74 Å². The summed E-state index contributed by atoms with van der Waals surface area (Å²) < 4.78 is 11.3. The summed E-state index contributed by atoms with van der Waals surface area (Å²) in [4.78, 5) is 21.5. The molecule has 1 aromatic carbocycles. The fourth-order valence-corrected chi connectivity index (χ4v) is 4.04. The number of hydrazone groups is 1. The Morgan fingerprint density at radius 1 is 1.24 bits per heavy atom. The van der Waals surface area contributed by atoms with Gasteiger partial charge in [-0.3, -0.25) is 10.2 Å². The molecule has 2 aliphatic rings. The second-order valence-electron chi connectivity index (χ2n) is 9.32. The molecule has 1 aromatic heterocycles. The quantitative estimate of drug-likeness (QED) is 0.293. The van der Waals surface area contributed by atoms with Crippen LogP contribution in [0.3, 0.4) is 0 Å². The number of carbonyl (C=O) groups is 1. The molecule has 1 aliphatic heterocycles. The van der Waals surface area contributed by atoms with Crippen LogP contribution in [0.5, 0.6) is 5.88 Å². The van der Waals surface area contributed by atoms with Gasteiger partial charge in [0.05, 0.1) is 25.6 Å². The van der Waals surface area contributed by atoms with Crippen LogP contribution in [0.15, 0.2) is 54.0 Å². The Kier molecular flexibility index (Phi) is 9.62. The largest absolute Gasteiger partial charge is 0.498 e. The molecule has 198 valence electrons. The number of aromatic nitrogens is 1. The predicted octanol–water partition coefficient (Wildman–Crippen LogP) is 4.23. The summed E-state index contributed by atoms with van der Waals surface area (Å²) in [6.45, 7) is 9.07. The van der Waals surface area contributed by atoms with Gasteiger partial charge in [0.1, 0.15) is 13.2 Å². The SMILES string of the molecule is CCCN(CCC)c1cc(N/N=C/c2cccc(C(=O)NC3CC3)c2)nc(OCCN2C=COCC2)c1. The highest BCUT2D eigenvalue weighted by atomic mass is 16.5. The number of benzene rings is 1. The Hall–Kier alpha value is -3.75. The number of amides is 1. The molecule has 0 spiro atoms. The van der Waals surface area contributed by atoms with Crippen molar-refractivity contribution in [1.29, 1.82) is 0 Å². The Labute approximate surface area is 219 Å². The van der Waals surface area contributed by atoms with Crippen molar-refractivity contribution < 1.29 is 14.3 Å². The van der Waals surface area contributed by atoms with E-state index in [-0.39, 0.29) is 5.91 Å². The van der Waals surface area contributed by atoms with Crippen molar-refractivity contribution in [2.24, 2.45) is 5.10 Å². The van der Waals surface area contributed by atoms with E-state index in [4.69, 9.17) is 9.47 Å². The molecule has 2 N–H and O–H groups in total. The standard InChI is InChI=1S/C28H38N6O3/c1-3-10-34(11-4-2)25-19-26(31-27(20-25)37-17-14-33-12-15-36-16-13-33)32-29-21-22-6-5-7-23(18-22)28(35)30-24-8-9-24/h5-7,12,15,18-21,24H,3-4,8-11,13-14,16-17H2,1-2H3,(H,30,35)(H,31,32)/b29-21+. The summed E-state index contributed by atoms with van der Waals surface area (Å²) >= 11 is 0. The lowest BCUT2D eigenvalue weighted by Crippen LogP contribution is -2.29. The van der Waals surface area contributed by atoms with Gasteiger partial charge < -0.3 is 24.6 Å². The monoisotopic (exact) mass is 506 g/mol. The highest BCUT2D eigenvalue weighted by Gasteiger charge is 2.23. The van der Waals surface area contributed by atoms with Crippen LogP contribution in [0.25, 0.3) is 0 Å². The van der Waals surface area contributed by atoms with Crippen molar-refractivity contribution in [3.63, 3.8) is 0 Å². The minimum atomic E-state index is -0.0404. The lowest BCUT2D eigenvalue weighted by molar-refractivity contribution is 0.0951. The molecule has 0 bridgehead atoms. The second-order valence-corrected chi connectivity index (χ2v) is 9.32. The van der Waals surface area contributed by atoms with E-state index in [1.807, 2.05) is 42.6 Å². The summed E-state index contributed by atoms with van der Waals surface area (Å²) in [5, 5.41) is 7.42. The van der Waals surface area contributed by atoms with E-state index in [1.165, 1.54) is 0 Å². The first-order valence-corrected chi connectivity index (χ1v) is 13.3. The zero-order chi connectivity index (χ0) is 25.9. The van der Waals surface area contributed by atoms with Crippen LogP contribution in [0.4, 0.5) is 11.5 Å². The Balaban J connectivity index is 1.44. The molecule has 9 heteroatoms. The van der Waals surface area contributed by atoms with Crippen molar-refractivity contribution >= 4 is 23.6 Å². The third kappa shape index (κ3) is 8.41. The number of nitrogens with one attached hydrogen (secondary N) is 2. The van der Waals surface area contributed by atoms with Gasteiger partial charge in [-0.25, -0.2) is 0 Å². The first-order chi connectivity index (χ1) is 18.1. The molecule has 0 unspecified atom stereocenters. The average molecular weight is 507 g/mol. The smallest absolute Gasteiger partial charge is 0.251 e. The number of carbonyl (C=O) groups excluding carboxylic acids is 1. The molecule has 37 heavy (non-hydrogen) atoms. The average Bonchev–Trinajstić information content (AvgIpc) is 3.73. The summed E-state index contributed by atoms with van der Waals surface area (Å²) in [6, 6.07) is 11.8. The molecule has 2 aromatic rings. The fourth-order valence-electron chi connectivity index (χ4n) is 4.04. The van der Waals surface area contributed by atoms with Crippen molar-refractivity contribution in [3.8, 4) is 5.88 Å². The van der Waals surface area contributed by atoms with E-state index in [0.717, 1.165) is 63.1 Å². The lowest BCUT2D eigenvalue weighted by atomic mass is 10.1. The molecule has 1 amide bonds. The van der Waals surface area contributed by atoms with Gasteiger partial charge in [-0.05, 0) is 43.4 Å². The highest BCUT2D eigenvalue weighted by Crippen LogP contribution is 2.25. The molecule has 0 atom stereocenters. The summed E-state index contributed by atoms with van der Waals surface area (Å²) in [5.74, 6) is 1.12. The molecule has 0 radical (unpaired) electrons. The zero-order valence-electron chi connectivity index (χ0n) is 21.9. The number of ether oxygens (including phenoxy) is 2. The maximum absolute atomic E-state index is 12.4. The number of hydrogen-bond acceptors (Lipinski definition) is 8. The minimum Gasteiger partial charge on any atom is -0.498 e. The molecule has 9 nitrogen and oxygen atoms in total. The van der Waals surface area contributed by atoms with Gasteiger partial charge in [-0.15, -0.1) is 0 Å². The summed E-state index contributed by atoms with van der Waals surface area (Å²) in [7, 11) is 0. The molecular weight excluding hydrogens is 468 g/mol. The molecule has 2 heterocycles. The number of anilines is 2. The van der Waals surface area contributed by atoms with Crippen molar-refractivity contribution in [1.82, 2.24) is 15.2 Å². The number of pyridine rings is 1. The first kappa shape index (κ1) is 26.3. The van der Waals surface area contributed by atoms with Crippen LogP contribution in [0.2, 0.25) is 0 Å². The molecule has 0 saturated heterocycles. The topological polar surface area (TPSA) is 91.3 Å². The minimum absolute atomic E-state index is 0.0404. The van der Waals surface area contributed by atoms with Gasteiger partial charge in [0, 0.05) is 48.7 Å². The van der Waals surface area contributed by atoms with Crippen LogP contribution < -0.4 is 20.4 Å². The number of rotatable bonds is 14. The molecule has 1 aliphatic carbocycles. The second kappa shape index (κ2) is 13.5. The van der Waals surface area contributed by atoms with Crippen molar-refractivity contribution in [2.45, 2.75) is 45.6 Å². The van der Waals surface area contributed by atoms with Gasteiger partial charge in [-0.1, -0.05) is 26.0 Å². The highest BCUT2D eigenvalue weighted by molar-refractivity contribution is 5.96. The fraction of sp³-hybridized carbons (Fsp3) is 0.464. The molecule has 4 rings (SSSR count). The van der Waals surface area contributed by atoms with Gasteiger partial charge in [0.2, 0.25) is 5.88 Å². The molecule has 1 fully saturated rings. The normalized spacial score (nSPS) is 14.9. The third-order valence-corrected chi connectivity index (χ3v) is 6.09. The summed E-state index contributed by atoms with van der Waals surface area (Å²) in [6.07, 6.45) is 9.57. The lowest BCUT2D eigenvalue weighted by Gasteiger charge is -2.25. The zero-order valence-corrected chi connectivity index (χ0v) is 21.9. The van der Waals surface area contributed by atoms with E-state index >= 15 is 0 Å². The molecule has 1 saturated carbocycles. The maximum Gasteiger partial charge on any atom is 0.251 e. The Morgan fingerprint density at radius 2 is 2.08 bits per heavy atom. The van der Waals surface area contributed by atoms with Gasteiger partial charge in [0.25, 0.3) is 5.91 Å². The van der Waals surface area contributed by atoms with Crippen molar-refractivity contribution in [2.75, 3.05) is 49.7 Å². The van der Waals surface area contributed by atoms with Gasteiger partial charge in [0.15, 0.2) is 5.82 Å². The van der Waals surface area contributed by atoms with Crippen LogP contribution in [0, 0.1) is 0 Å². The van der Waals surface area contributed by atoms with Gasteiger partial charge in [-0.2, -0.15) is 10.1 Å². The van der Waals surface area contributed by atoms with E-state index in [9.17, 15) is 4.79 Å². The molecular formula is C28H38N6O3. The Morgan fingerprint density at radius 3 is 2.81 bits per heavy atom. The van der Waals surface area contributed by atoms with Crippen LogP contribution >= 0.6 is 0 Å². The van der Waals surface area contributed by atoms with E-state index in [2.05, 4.69) is 44.5 Å². The van der Waals surface area contributed by atoms with E-state index in [1.54, 1.807) is 12.5 Å². The maximum atomic E-state index is 12.4. The van der Waals surface area contributed by atoms with E-state index in [0.29, 0.717) is 36.5 Å². The van der Waals surface area contributed by atoms with Gasteiger partial charge >= 0.3 is 0 Å². The first-order valence-electron chi connectivity index (χ1n) is 13.3. The third-order valence-electron chi connectivity index (χ3n) is 6.09. The van der Waals surface area contributed by atoms with E-state index < -0.39 is 0 Å². The van der Waals surface area contributed by atoms with Crippen LogP contribution in [0.1, 0.15) is 55.5 Å². The van der Waals surface area contributed by atoms with Crippen molar-refractivity contribution in [3.05, 3.63) is 60.0 Å². The number of hydrogen-bond donors (Lipinski definition) is 2. The summed E-state index contributed by atoms with van der Waals surface area (Å²) in [5.41, 5.74) is 5.58.